The molecule has 12 aromatic carbocycles. The zero-order valence-electron chi connectivity index (χ0n) is 41.2. The summed E-state index contributed by atoms with van der Waals surface area (Å²) >= 11 is 1.88. The lowest BCUT2D eigenvalue weighted by molar-refractivity contribution is 0.793. The van der Waals surface area contributed by atoms with E-state index in [0.717, 1.165) is 0 Å². The van der Waals surface area contributed by atoms with E-state index in [1.807, 2.05) is 11.3 Å². The van der Waals surface area contributed by atoms with Gasteiger partial charge in [0.1, 0.15) is 0 Å². The third kappa shape index (κ3) is 5.01. The first-order valence-corrected chi connectivity index (χ1v) is 27.4. The van der Waals surface area contributed by atoms with Gasteiger partial charge in [-0.25, -0.2) is 0 Å². The van der Waals surface area contributed by atoms with Crippen molar-refractivity contribution in [3.05, 3.63) is 305 Å². The first-order chi connectivity index (χ1) is 37.7. The fourth-order valence-electron chi connectivity index (χ4n) is 15.1. The minimum absolute atomic E-state index is 0.367. The zero-order valence-corrected chi connectivity index (χ0v) is 42.0. The highest BCUT2D eigenvalue weighted by Gasteiger charge is 2.53. The molecule has 0 bridgehead atoms. The number of thiophene rings is 1. The van der Waals surface area contributed by atoms with Crippen LogP contribution in [-0.2, 0) is 10.8 Å². The molecule has 1 atom stereocenters. The lowest BCUT2D eigenvalue weighted by atomic mass is 9.70. The Bertz CT molecular complexity index is 4860. The molecule has 4 aliphatic carbocycles. The van der Waals surface area contributed by atoms with Gasteiger partial charge in [-0.2, -0.15) is 0 Å². The highest BCUT2D eigenvalue weighted by atomic mass is 32.1. The van der Waals surface area contributed by atoms with Crippen LogP contribution in [0.2, 0.25) is 0 Å². The van der Waals surface area contributed by atoms with Crippen LogP contribution in [0.4, 0.5) is 0 Å². The average molecular weight is 978 g/mol. The standard InChI is InChI=1S/C74H43NS/c1-8-22-61-49(15-1)50-16-2-9-23-62(50)73(61)65-26-12-5-19-53(65)58-43-48(33-36-68(58)73)75-69-27-13-6-20-54(69)59-41-46(31-37-70(59)75)44-29-34-66-56(39-44)51-17-3-10-24-63(51)74(66)64-25-11-4-18-52(64)57-40-45(30-35-67(57)74)47-32-38-72-60(42-47)55-21-7-14-28-71(55)76-72/h1-43H. The van der Waals surface area contributed by atoms with E-state index < -0.39 is 5.41 Å². The Labute approximate surface area is 443 Å². The lowest BCUT2D eigenvalue weighted by Crippen LogP contribution is -2.25. The largest absolute Gasteiger partial charge is 0.309 e. The van der Waals surface area contributed by atoms with Crippen molar-refractivity contribution in [1.82, 2.24) is 4.57 Å². The van der Waals surface area contributed by atoms with E-state index in [0.29, 0.717) is 0 Å². The maximum Gasteiger partial charge on any atom is 0.0725 e. The van der Waals surface area contributed by atoms with Crippen LogP contribution >= 0.6 is 11.3 Å². The quantitative estimate of drug-likeness (QED) is 0.166. The molecule has 0 amide bonds. The summed E-state index contributed by atoms with van der Waals surface area (Å²) in [6, 6.07) is 99.3. The third-order valence-corrected chi connectivity index (χ3v) is 19.2. The first kappa shape index (κ1) is 41.1. The normalized spacial score (nSPS) is 15.5. The van der Waals surface area contributed by atoms with Crippen molar-refractivity contribution in [1.29, 1.82) is 0 Å². The van der Waals surface area contributed by atoms with E-state index >= 15 is 0 Å². The van der Waals surface area contributed by atoms with Gasteiger partial charge in [0.05, 0.1) is 21.9 Å². The maximum absolute atomic E-state index is 2.49. The monoisotopic (exact) mass is 977 g/mol. The van der Waals surface area contributed by atoms with E-state index in [1.54, 1.807) is 0 Å². The number of aromatic nitrogens is 1. The van der Waals surface area contributed by atoms with E-state index in [-0.39, 0.29) is 5.41 Å². The number of hydrogen-bond acceptors (Lipinski definition) is 1. The maximum atomic E-state index is 2.49. The molecular formula is C74H43NS. The van der Waals surface area contributed by atoms with E-state index in [2.05, 4.69) is 265 Å². The second kappa shape index (κ2) is 14.7. The van der Waals surface area contributed by atoms with Crippen LogP contribution in [0.5, 0.6) is 0 Å². The number of nitrogens with zero attached hydrogens (tertiary/aromatic N) is 1. The molecule has 1 unspecified atom stereocenters. The van der Waals surface area contributed by atoms with Crippen LogP contribution in [0.3, 0.4) is 0 Å². The number of para-hydroxylation sites is 1. The van der Waals surface area contributed by atoms with Gasteiger partial charge in [0.15, 0.2) is 0 Å². The van der Waals surface area contributed by atoms with Crippen LogP contribution in [0, 0.1) is 0 Å². The van der Waals surface area contributed by atoms with Crippen molar-refractivity contribution in [3.63, 3.8) is 0 Å². The van der Waals surface area contributed by atoms with Gasteiger partial charge in [0.25, 0.3) is 0 Å². The molecule has 0 saturated heterocycles. The molecule has 76 heavy (non-hydrogen) atoms. The van der Waals surface area contributed by atoms with Crippen molar-refractivity contribution in [2.75, 3.05) is 0 Å². The molecule has 2 heteroatoms. The molecule has 4 aliphatic rings. The summed E-state index contributed by atoms with van der Waals surface area (Å²) in [7, 11) is 0. The van der Waals surface area contributed by atoms with Crippen LogP contribution in [0.1, 0.15) is 44.5 Å². The molecule has 2 heterocycles. The molecule has 0 radical (unpaired) electrons. The molecule has 2 aromatic heterocycles. The van der Waals surface area contributed by atoms with Crippen molar-refractivity contribution >= 4 is 53.3 Å². The Hall–Kier alpha value is -9.34. The minimum Gasteiger partial charge on any atom is -0.309 e. The molecule has 14 aromatic rings. The van der Waals surface area contributed by atoms with E-state index in [1.165, 1.54) is 159 Å². The van der Waals surface area contributed by atoms with Crippen LogP contribution < -0.4 is 0 Å². The highest BCUT2D eigenvalue weighted by Crippen LogP contribution is 2.65. The van der Waals surface area contributed by atoms with E-state index in [4.69, 9.17) is 0 Å². The van der Waals surface area contributed by atoms with E-state index in [9.17, 15) is 0 Å². The summed E-state index contributed by atoms with van der Waals surface area (Å²) < 4.78 is 5.16. The molecule has 0 N–H and O–H groups in total. The Morgan fingerprint density at radius 3 is 1.17 bits per heavy atom. The Morgan fingerprint density at radius 2 is 0.605 bits per heavy atom. The van der Waals surface area contributed by atoms with Crippen molar-refractivity contribution in [3.8, 4) is 72.4 Å². The summed E-state index contributed by atoms with van der Waals surface area (Å²) in [5.41, 5.74) is 29.1. The van der Waals surface area contributed by atoms with Gasteiger partial charge in [0, 0.05) is 36.6 Å². The first-order valence-electron chi connectivity index (χ1n) is 26.6. The summed E-state index contributed by atoms with van der Waals surface area (Å²) in [5, 5.41) is 5.17. The minimum atomic E-state index is -0.430. The third-order valence-electron chi connectivity index (χ3n) is 18.0. The van der Waals surface area contributed by atoms with Crippen LogP contribution in [0.25, 0.3) is 114 Å². The molecule has 0 saturated carbocycles. The Balaban J connectivity index is 0.776. The fraction of sp³-hybridized carbons (Fsp3) is 0.0270. The fourth-order valence-corrected chi connectivity index (χ4v) is 16.2. The van der Waals surface area contributed by atoms with Gasteiger partial charge in [-0.1, -0.05) is 200 Å². The van der Waals surface area contributed by atoms with Gasteiger partial charge in [0.2, 0.25) is 0 Å². The highest BCUT2D eigenvalue weighted by molar-refractivity contribution is 7.25. The summed E-state index contributed by atoms with van der Waals surface area (Å²) in [6.07, 6.45) is 0. The molecule has 0 aliphatic heterocycles. The molecule has 18 rings (SSSR count). The van der Waals surface area contributed by atoms with Crippen LogP contribution in [-0.4, -0.2) is 4.57 Å². The summed E-state index contributed by atoms with van der Waals surface area (Å²) in [6.45, 7) is 0. The van der Waals surface area contributed by atoms with Crippen molar-refractivity contribution in [2.45, 2.75) is 10.8 Å². The second-order valence-electron chi connectivity index (χ2n) is 21.4. The number of fused-ring (bicyclic) bond motifs is 26. The molecule has 2 spiro atoms. The molecule has 1 nitrogen and oxygen atoms in total. The van der Waals surface area contributed by atoms with Crippen molar-refractivity contribution < 1.29 is 0 Å². The number of benzene rings is 12. The van der Waals surface area contributed by atoms with Crippen LogP contribution in [0.15, 0.2) is 261 Å². The van der Waals surface area contributed by atoms with Gasteiger partial charge in [-0.3, -0.25) is 0 Å². The molecule has 350 valence electrons. The Morgan fingerprint density at radius 1 is 0.237 bits per heavy atom. The average Bonchev–Trinajstić information content (AvgIpc) is 4.50. The zero-order chi connectivity index (χ0) is 49.4. The number of rotatable bonds is 3. The smallest absolute Gasteiger partial charge is 0.0725 e. The van der Waals surface area contributed by atoms with Gasteiger partial charge < -0.3 is 4.57 Å². The molecule has 0 fully saturated rings. The number of hydrogen-bond donors (Lipinski definition) is 0. The predicted molar refractivity (Wildman–Crippen MR) is 317 cm³/mol. The lowest BCUT2D eigenvalue weighted by Gasteiger charge is -2.30. The molecular weight excluding hydrogens is 935 g/mol. The summed E-state index contributed by atoms with van der Waals surface area (Å²) in [4.78, 5) is 0. The Kier molecular flexibility index (Phi) is 7.94. The SMILES string of the molecule is c1ccc2c(c1)-c1cc(-c3ccc4sc5ccccc5c4c3)ccc1C21c2ccccc2-c2cc(-c3ccc4c(c3)c3ccccc3n4-c3ccc4c(c3)-c3ccccc3C43c4ccccc4-c4ccccc43)ccc21. The van der Waals surface area contributed by atoms with Crippen molar-refractivity contribution in [2.24, 2.45) is 0 Å². The van der Waals surface area contributed by atoms with Gasteiger partial charge in [-0.05, 0) is 172 Å². The summed E-state index contributed by atoms with van der Waals surface area (Å²) in [5.74, 6) is 0. The van der Waals surface area contributed by atoms with Gasteiger partial charge >= 0.3 is 0 Å². The topological polar surface area (TPSA) is 4.93 Å². The predicted octanol–water partition coefficient (Wildman–Crippen LogP) is 19.2. The second-order valence-corrected chi connectivity index (χ2v) is 22.5. The van der Waals surface area contributed by atoms with Gasteiger partial charge in [-0.15, -0.1) is 11.3 Å².